The number of ether oxygens (including phenoxy) is 1. The molecule has 1 aromatic heterocycles. The minimum Gasteiger partial charge on any atom is -0.373 e. The van der Waals surface area contributed by atoms with Gasteiger partial charge in [-0.25, -0.2) is 8.42 Å². The van der Waals surface area contributed by atoms with Crippen molar-refractivity contribution in [1.29, 1.82) is 0 Å². The number of hydrogen-bond donors (Lipinski definition) is 2. The van der Waals surface area contributed by atoms with Gasteiger partial charge in [-0.15, -0.1) is 11.3 Å². The zero-order valence-electron chi connectivity index (χ0n) is 19.5. The van der Waals surface area contributed by atoms with Crippen LogP contribution in [0.3, 0.4) is 0 Å². The molecule has 0 unspecified atom stereocenters. The van der Waals surface area contributed by atoms with E-state index in [1.807, 2.05) is 13.8 Å². The van der Waals surface area contributed by atoms with Crippen molar-refractivity contribution in [1.82, 2.24) is 9.21 Å². The van der Waals surface area contributed by atoms with Gasteiger partial charge in [-0.1, -0.05) is 6.92 Å². The SMILES string of the molecule is CCN1CCc2c(sc(NC(=O)c3ccc(S(=O)(=O)N4C[C@@H](C)O[C@@H](C)C4)cc3)c2C(N)=O)C1. The van der Waals surface area contributed by atoms with Crippen LogP contribution in [0.4, 0.5) is 5.00 Å². The van der Waals surface area contributed by atoms with E-state index in [-0.39, 0.29) is 30.2 Å². The molecule has 0 spiro atoms. The van der Waals surface area contributed by atoms with Crippen molar-refractivity contribution < 1.29 is 22.7 Å². The summed E-state index contributed by atoms with van der Waals surface area (Å²) in [7, 11) is -3.70. The molecule has 34 heavy (non-hydrogen) atoms. The molecule has 2 aliphatic heterocycles. The highest BCUT2D eigenvalue weighted by molar-refractivity contribution is 7.89. The molecule has 2 amide bonds. The van der Waals surface area contributed by atoms with Gasteiger partial charge in [-0.05, 0) is 56.6 Å². The van der Waals surface area contributed by atoms with E-state index in [1.165, 1.54) is 39.9 Å². The molecule has 3 N–H and O–H groups in total. The molecule has 3 heterocycles. The summed E-state index contributed by atoms with van der Waals surface area (Å²) in [5, 5.41) is 3.25. The van der Waals surface area contributed by atoms with Crippen molar-refractivity contribution in [2.75, 3.05) is 31.5 Å². The Morgan fingerprint density at radius 2 is 1.82 bits per heavy atom. The van der Waals surface area contributed by atoms with Gasteiger partial charge in [0.25, 0.3) is 11.8 Å². The number of benzene rings is 1. The first-order valence-corrected chi connectivity index (χ1v) is 13.6. The second kappa shape index (κ2) is 9.74. The molecule has 2 aliphatic rings. The van der Waals surface area contributed by atoms with E-state index in [1.54, 1.807) is 0 Å². The molecule has 1 aromatic carbocycles. The van der Waals surface area contributed by atoms with Gasteiger partial charge in [-0.2, -0.15) is 4.31 Å². The number of sulfonamides is 1. The Bertz CT molecular complexity index is 1180. The zero-order valence-corrected chi connectivity index (χ0v) is 21.2. The van der Waals surface area contributed by atoms with Crippen molar-refractivity contribution in [3.63, 3.8) is 0 Å². The summed E-state index contributed by atoms with van der Waals surface area (Å²) < 4.78 is 33.1. The molecule has 11 heteroatoms. The summed E-state index contributed by atoms with van der Waals surface area (Å²) in [5.41, 5.74) is 7.22. The molecule has 0 radical (unpaired) electrons. The molecule has 0 aliphatic carbocycles. The first-order valence-electron chi connectivity index (χ1n) is 11.3. The third kappa shape index (κ3) is 4.89. The predicted octanol–water partition coefficient (Wildman–Crippen LogP) is 2.28. The van der Waals surface area contributed by atoms with E-state index in [2.05, 4.69) is 17.1 Å². The Kier molecular flexibility index (Phi) is 7.11. The average molecular weight is 507 g/mol. The number of rotatable bonds is 6. The quantitative estimate of drug-likeness (QED) is 0.620. The smallest absolute Gasteiger partial charge is 0.256 e. The van der Waals surface area contributed by atoms with E-state index < -0.39 is 21.8 Å². The summed E-state index contributed by atoms with van der Waals surface area (Å²) in [6, 6.07) is 5.82. The van der Waals surface area contributed by atoms with Gasteiger partial charge in [0, 0.05) is 36.6 Å². The first kappa shape index (κ1) is 24.8. The largest absolute Gasteiger partial charge is 0.373 e. The van der Waals surface area contributed by atoms with Crippen LogP contribution in [0.25, 0.3) is 0 Å². The van der Waals surface area contributed by atoms with Crippen LogP contribution in [0.2, 0.25) is 0 Å². The number of carbonyl (C=O) groups excluding carboxylic acids is 2. The molecule has 4 rings (SSSR count). The Morgan fingerprint density at radius 3 is 2.41 bits per heavy atom. The Hall–Kier alpha value is -2.31. The Balaban J connectivity index is 1.53. The van der Waals surface area contributed by atoms with Crippen LogP contribution in [0, 0.1) is 0 Å². The average Bonchev–Trinajstić information content (AvgIpc) is 3.15. The van der Waals surface area contributed by atoms with Crippen molar-refractivity contribution in [3.8, 4) is 0 Å². The van der Waals surface area contributed by atoms with Crippen LogP contribution in [0.1, 0.15) is 51.9 Å². The fraction of sp³-hybridized carbons (Fsp3) is 0.478. The van der Waals surface area contributed by atoms with Crippen LogP contribution in [0.5, 0.6) is 0 Å². The maximum Gasteiger partial charge on any atom is 0.256 e. The molecule has 0 saturated carbocycles. The molecule has 2 aromatic rings. The maximum atomic E-state index is 13.0. The number of primary amides is 1. The molecule has 184 valence electrons. The van der Waals surface area contributed by atoms with Gasteiger partial charge in [0.15, 0.2) is 0 Å². The topological polar surface area (TPSA) is 122 Å². The van der Waals surface area contributed by atoms with Crippen LogP contribution in [-0.4, -0.2) is 67.8 Å². The lowest BCUT2D eigenvalue weighted by molar-refractivity contribution is -0.0440. The number of anilines is 1. The van der Waals surface area contributed by atoms with E-state index >= 15 is 0 Å². The van der Waals surface area contributed by atoms with Gasteiger partial charge in [-0.3, -0.25) is 14.5 Å². The van der Waals surface area contributed by atoms with Gasteiger partial charge in [0.1, 0.15) is 5.00 Å². The fourth-order valence-corrected chi connectivity index (χ4v) is 7.39. The van der Waals surface area contributed by atoms with E-state index in [9.17, 15) is 18.0 Å². The predicted molar refractivity (Wildman–Crippen MR) is 131 cm³/mol. The molecule has 0 bridgehead atoms. The van der Waals surface area contributed by atoms with Crippen LogP contribution >= 0.6 is 11.3 Å². The summed E-state index contributed by atoms with van der Waals surface area (Å²) in [4.78, 5) is 28.5. The van der Waals surface area contributed by atoms with Gasteiger partial charge in [0.05, 0.1) is 22.7 Å². The lowest BCUT2D eigenvalue weighted by Gasteiger charge is -2.34. The molecule has 2 atom stereocenters. The van der Waals surface area contributed by atoms with Crippen LogP contribution in [-0.2, 0) is 27.7 Å². The van der Waals surface area contributed by atoms with E-state index in [4.69, 9.17) is 10.5 Å². The van der Waals surface area contributed by atoms with Gasteiger partial charge in [0.2, 0.25) is 10.0 Å². The highest BCUT2D eigenvalue weighted by Crippen LogP contribution is 2.37. The van der Waals surface area contributed by atoms with Crippen molar-refractivity contribution in [2.45, 2.75) is 50.8 Å². The van der Waals surface area contributed by atoms with Gasteiger partial charge < -0.3 is 15.8 Å². The highest BCUT2D eigenvalue weighted by Gasteiger charge is 2.32. The van der Waals surface area contributed by atoms with Crippen LogP contribution < -0.4 is 11.1 Å². The lowest BCUT2D eigenvalue weighted by Crippen LogP contribution is -2.48. The van der Waals surface area contributed by atoms with Gasteiger partial charge >= 0.3 is 0 Å². The number of nitrogens with one attached hydrogen (secondary N) is 1. The van der Waals surface area contributed by atoms with Crippen molar-refractivity contribution in [2.24, 2.45) is 5.73 Å². The molecule has 9 nitrogen and oxygen atoms in total. The Morgan fingerprint density at radius 1 is 1.18 bits per heavy atom. The maximum absolute atomic E-state index is 13.0. The van der Waals surface area contributed by atoms with Crippen molar-refractivity contribution >= 4 is 38.2 Å². The number of thiophene rings is 1. The van der Waals surface area contributed by atoms with Crippen molar-refractivity contribution in [3.05, 3.63) is 45.8 Å². The molecular formula is C23H30N4O5S2. The minimum atomic E-state index is -3.70. The summed E-state index contributed by atoms with van der Waals surface area (Å²) in [6.45, 7) is 8.79. The monoisotopic (exact) mass is 506 g/mol. The van der Waals surface area contributed by atoms with Crippen LogP contribution in [0.15, 0.2) is 29.2 Å². The summed E-state index contributed by atoms with van der Waals surface area (Å²) >= 11 is 1.37. The molecule has 1 fully saturated rings. The fourth-order valence-electron chi connectivity index (χ4n) is 4.50. The lowest BCUT2D eigenvalue weighted by atomic mass is 10.0. The summed E-state index contributed by atoms with van der Waals surface area (Å²) in [6.07, 6.45) is 0.326. The first-order chi connectivity index (χ1) is 16.1. The normalized spacial score (nSPS) is 21.7. The zero-order chi connectivity index (χ0) is 24.6. The Labute approximate surface area is 203 Å². The molecular weight excluding hydrogens is 476 g/mol. The third-order valence-electron chi connectivity index (χ3n) is 6.20. The number of nitrogens with zero attached hydrogens (tertiary/aromatic N) is 2. The van der Waals surface area contributed by atoms with E-state index in [0.717, 1.165) is 30.1 Å². The second-order valence-electron chi connectivity index (χ2n) is 8.75. The third-order valence-corrected chi connectivity index (χ3v) is 9.18. The number of hydrogen-bond acceptors (Lipinski definition) is 7. The minimum absolute atomic E-state index is 0.120. The number of fused-ring (bicyclic) bond motifs is 1. The molecule has 1 saturated heterocycles. The number of carbonyl (C=O) groups is 2. The highest BCUT2D eigenvalue weighted by atomic mass is 32.2. The van der Waals surface area contributed by atoms with E-state index in [0.29, 0.717) is 22.5 Å². The second-order valence-corrected chi connectivity index (χ2v) is 11.8. The number of nitrogens with two attached hydrogens (primary N) is 1. The number of morpholine rings is 1. The number of likely N-dealkylation sites (N-methyl/N-ethyl adjacent to an activating group) is 1. The standard InChI is InChI=1S/C23H30N4O5S2/c1-4-26-10-9-18-19(13-26)33-23(20(18)21(24)28)25-22(29)16-5-7-17(8-6-16)34(30,31)27-11-14(2)32-15(3)12-27/h5-8,14-15H,4,9-13H2,1-3H3,(H2,24,28)(H,25,29)/t14-,15+. The summed E-state index contributed by atoms with van der Waals surface area (Å²) in [5.74, 6) is -0.987. The number of amides is 2.